The Balaban J connectivity index is 4.53. The first-order chi connectivity index (χ1) is 5.65. The minimum absolute atomic E-state index is 0.812. The second-order valence-corrected chi connectivity index (χ2v) is 3.50. The molecule has 0 saturated carbocycles. The lowest BCUT2D eigenvalue weighted by Crippen LogP contribution is -1.81. The third-order valence-electron chi connectivity index (χ3n) is 1.81. The highest BCUT2D eigenvalue weighted by Crippen LogP contribution is 2.21. The van der Waals surface area contributed by atoms with E-state index in [-0.39, 0.29) is 0 Å². The van der Waals surface area contributed by atoms with Crippen LogP contribution in [0.25, 0.3) is 0 Å². The first kappa shape index (κ1) is 12.1. The average Bonchev–Trinajstić information content (AvgIpc) is 2.06. The van der Waals surface area contributed by atoms with Crippen LogP contribution >= 0.6 is 23.2 Å². The van der Waals surface area contributed by atoms with Crippen LogP contribution in [-0.4, -0.2) is 0 Å². The molecule has 0 radical (unpaired) electrons. The van der Waals surface area contributed by atoms with Crippen LogP contribution in [0.3, 0.4) is 0 Å². The van der Waals surface area contributed by atoms with Gasteiger partial charge in [0.05, 0.1) is 0 Å². The number of allylic oxidation sites excluding steroid dienone is 4. The lowest BCUT2D eigenvalue weighted by Gasteiger charge is -2.02. The fraction of sp³-hybridized carbons (Fsp3) is 0.600. The zero-order valence-electron chi connectivity index (χ0n) is 7.95. The van der Waals surface area contributed by atoms with Gasteiger partial charge in [-0.25, -0.2) is 0 Å². The van der Waals surface area contributed by atoms with Crippen molar-refractivity contribution in [2.45, 2.75) is 40.0 Å². The van der Waals surface area contributed by atoms with Gasteiger partial charge in [0.15, 0.2) is 0 Å². The zero-order chi connectivity index (χ0) is 9.56. The molecule has 0 heterocycles. The summed E-state index contributed by atoms with van der Waals surface area (Å²) in [4.78, 5) is 0. The summed E-state index contributed by atoms with van der Waals surface area (Å²) in [7, 11) is 0. The van der Waals surface area contributed by atoms with Gasteiger partial charge in [0.25, 0.3) is 0 Å². The van der Waals surface area contributed by atoms with Crippen molar-refractivity contribution in [1.29, 1.82) is 0 Å². The Morgan fingerprint density at radius 1 is 1.00 bits per heavy atom. The van der Waals surface area contributed by atoms with Gasteiger partial charge < -0.3 is 0 Å². The van der Waals surface area contributed by atoms with E-state index in [0.29, 0.717) is 0 Å². The maximum absolute atomic E-state index is 6.04. The highest BCUT2D eigenvalue weighted by molar-refractivity contribution is 6.34. The van der Waals surface area contributed by atoms with E-state index in [1.165, 1.54) is 5.57 Å². The number of rotatable bonds is 4. The summed E-state index contributed by atoms with van der Waals surface area (Å²) in [6.45, 7) is 6.23. The standard InChI is InChI=1S/C10H16Cl2/c1-4-8(5-2)10(12)7-9(11)6-3/h7H,4-6H2,1-3H3/b9-7+. The molecule has 0 amide bonds. The Labute approximate surface area is 85.3 Å². The molecule has 0 aliphatic carbocycles. The Bertz CT molecular complexity index is 184. The molecule has 0 nitrogen and oxygen atoms in total. The van der Waals surface area contributed by atoms with E-state index >= 15 is 0 Å². The molecular weight excluding hydrogens is 191 g/mol. The van der Waals surface area contributed by atoms with Crippen molar-refractivity contribution < 1.29 is 0 Å². The summed E-state index contributed by atoms with van der Waals surface area (Å²) in [6.07, 6.45) is 4.70. The van der Waals surface area contributed by atoms with E-state index in [9.17, 15) is 0 Å². The topological polar surface area (TPSA) is 0 Å². The molecular formula is C10H16Cl2. The van der Waals surface area contributed by atoms with E-state index in [0.717, 1.165) is 29.3 Å². The number of hydrogen-bond acceptors (Lipinski definition) is 0. The summed E-state index contributed by atoms with van der Waals surface area (Å²) < 4.78 is 0. The fourth-order valence-corrected chi connectivity index (χ4v) is 1.49. The predicted octanol–water partition coefficient (Wildman–Crippen LogP) is 4.83. The average molecular weight is 207 g/mol. The molecule has 0 aliphatic rings. The van der Waals surface area contributed by atoms with Gasteiger partial charge in [-0.05, 0) is 25.3 Å². The van der Waals surface area contributed by atoms with Gasteiger partial charge in [-0.1, -0.05) is 49.5 Å². The van der Waals surface area contributed by atoms with Crippen LogP contribution in [-0.2, 0) is 0 Å². The van der Waals surface area contributed by atoms with Crippen LogP contribution in [0.2, 0.25) is 0 Å². The summed E-state index contributed by atoms with van der Waals surface area (Å²) in [6, 6.07) is 0. The molecule has 2 heteroatoms. The highest BCUT2D eigenvalue weighted by atomic mass is 35.5. The monoisotopic (exact) mass is 206 g/mol. The smallest absolute Gasteiger partial charge is 0.0409 e. The molecule has 0 saturated heterocycles. The molecule has 0 N–H and O–H groups in total. The van der Waals surface area contributed by atoms with E-state index in [1.54, 1.807) is 0 Å². The molecule has 0 aromatic carbocycles. The molecule has 0 spiro atoms. The van der Waals surface area contributed by atoms with Crippen molar-refractivity contribution >= 4 is 23.2 Å². The third kappa shape index (κ3) is 4.18. The molecule has 0 unspecified atom stereocenters. The van der Waals surface area contributed by atoms with Gasteiger partial charge >= 0.3 is 0 Å². The molecule has 0 fully saturated rings. The van der Waals surface area contributed by atoms with Crippen molar-refractivity contribution in [2.24, 2.45) is 0 Å². The Morgan fingerprint density at radius 3 is 1.83 bits per heavy atom. The molecule has 70 valence electrons. The molecule has 0 atom stereocenters. The van der Waals surface area contributed by atoms with Crippen LogP contribution in [0, 0.1) is 0 Å². The maximum atomic E-state index is 6.04. The van der Waals surface area contributed by atoms with Crippen molar-refractivity contribution in [3.8, 4) is 0 Å². The van der Waals surface area contributed by atoms with Crippen LogP contribution in [0.5, 0.6) is 0 Å². The lowest BCUT2D eigenvalue weighted by molar-refractivity contribution is 0.972. The largest absolute Gasteiger partial charge is 0.0891 e. The first-order valence-corrected chi connectivity index (χ1v) is 5.14. The van der Waals surface area contributed by atoms with Crippen LogP contribution in [0.4, 0.5) is 0 Å². The summed E-state index contributed by atoms with van der Waals surface area (Å²) in [5.74, 6) is 0. The van der Waals surface area contributed by atoms with Gasteiger partial charge in [-0.15, -0.1) is 0 Å². The lowest BCUT2D eigenvalue weighted by atomic mass is 10.1. The normalized spacial score (nSPS) is 11.6. The Morgan fingerprint density at radius 2 is 1.50 bits per heavy atom. The Hall–Kier alpha value is 0.0600. The van der Waals surface area contributed by atoms with Gasteiger partial charge in [0, 0.05) is 10.1 Å². The second kappa shape index (κ2) is 6.56. The summed E-state index contributed by atoms with van der Waals surface area (Å²) >= 11 is 11.9. The van der Waals surface area contributed by atoms with Gasteiger partial charge in [0.2, 0.25) is 0 Å². The van der Waals surface area contributed by atoms with E-state index < -0.39 is 0 Å². The van der Waals surface area contributed by atoms with Crippen molar-refractivity contribution in [3.05, 3.63) is 21.7 Å². The van der Waals surface area contributed by atoms with E-state index in [2.05, 4.69) is 13.8 Å². The molecule has 0 aromatic heterocycles. The fourth-order valence-electron chi connectivity index (χ4n) is 0.929. The second-order valence-electron chi connectivity index (χ2n) is 2.60. The van der Waals surface area contributed by atoms with Crippen LogP contribution < -0.4 is 0 Å². The quantitative estimate of drug-likeness (QED) is 0.579. The predicted molar refractivity (Wildman–Crippen MR) is 57.7 cm³/mol. The van der Waals surface area contributed by atoms with Gasteiger partial charge in [0.1, 0.15) is 0 Å². The van der Waals surface area contributed by atoms with Gasteiger partial charge in [-0.2, -0.15) is 0 Å². The maximum Gasteiger partial charge on any atom is 0.0409 e. The Kier molecular flexibility index (Phi) is 6.60. The minimum Gasteiger partial charge on any atom is -0.0891 e. The molecule has 0 rings (SSSR count). The van der Waals surface area contributed by atoms with E-state index in [1.807, 2.05) is 13.0 Å². The molecule has 0 aromatic rings. The van der Waals surface area contributed by atoms with Crippen molar-refractivity contribution in [1.82, 2.24) is 0 Å². The highest BCUT2D eigenvalue weighted by Gasteiger charge is 1.98. The van der Waals surface area contributed by atoms with Crippen LogP contribution in [0.1, 0.15) is 40.0 Å². The summed E-state index contributed by atoms with van der Waals surface area (Å²) in [5, 5.41) is 1.63. The molecule has 0 bridgehead atoms. The number of hydrogen-bond donors (Lipinski definition) is 0. The van der Waals surface area contributed by atoms with Crippen molar-refractivity contribution in [3.63, 3.8) is 0 Å². The van der Waals surface area contributed by atoms with Crippen LogP contribution in [0.15, 0.2) is 21.7 Å². The zero-order valence-corrected chi connectivity index (χ0v) is 9.47. The molecule has 12 heavy (non-hydrogen) atoms. The van der Waals surface area contributed by atoms with E-state index in [4.69, 9.17) is 23.2 Å². The first-order valence-electron chi connectivity index (χ1n) is 4.39. The van der Waals surface area contributed by atoms with Gasteiger partial charge in [-0.3, -0.25) is 0 Å². The number of halogens is 2. The third-order valence-corrected chi connectivity index (χ3v) is 2.57. The molecule has 0 aliphatic heterocycles. The SMILES string of the molecule is CCC(CC)=C(Cl)/C=C(/Cl)CC. The summed E-state index contributed by atoms with van der Waals surface area (Å²) in [5.41, 5.74) is 1.27. The van der Waals surface area contributed by atoms with Crippen molar-refractivity contribution in [2.75, 3.05) is 0 Å². The minimum atomic E-state index is 0.812.